The summed E-state index contributed by atoms with van der Waals surface area (Å²) >= 11 is 0. The van der Waals surface area contributed by atoms with Crippen molar-refractivity contribution in [2.75, 3.05) is 0 Å². The summed E-state index contributed by atoms with van der Waals surface area (Å²) in [6.07, 6.45) is 4.48. The Hall–Kier alpha value is -2.36. The molecule has 4 nitrogen and oxygen atoms in total. The van der Waals surface area contributed by atoms with Gasteiger partial charge in [-0.3, -0.25) is 9.59 Å². The number of Topliss-reactive ketones (excluding diaryl/α,β-unsaturated/α-hetero) is 2. The minimum Gasteiger partial charge on any atom is -0.508 e. The summed E-state index contributed by atoms with van der Waals surface area (Å²) in [6, 6.07) is 6.96. The van der Waals surface area contributed by atoms with E-state index in [1.807, 2.05) is 6.07 Å². The summed E-state index contributed by atoms with van der Waals surface area (Å²) in [5, 5.41) is 13.2. The fourth-order valence-corrected chi connectivity index (χ4v) is 4.02. The molecule has 4 heteroatoms. The number of phenols is 1. The van der Waals surface area contributed by atoms with Gasteiger partial charge in [0.1, 0.15) is 5.75 Å². The summed E-state index contributed by atoms with van der Waals surface area (Å²) < 4.78 is 0. The van der Waals surface area contributed by atoms with Gasteiger partial charge in [-0.15, -0.1) is 0 Å². The molecule has 2 N–H and O–H groups in total. The van der Waals surface area contributed by atoms with E-state index in [1.54, 1.807) is 18.2 Å². The third-order valence-electron chi connectivity index (χ3n) is 4.99. The molecule has 118 valence electrons. The Bertz CT molecular complexity index is 731. The van der Waals surface area contributed by atoms with Crippen LogP contribution >= 0.6 is 0 Å². The zero-order valence-corrected chi connectivity index (χ0v) is 12.9. The zero-order chi connectivity index (χ0) is 16.0. The van der Waals surface area contributed by atoms with Crippen molar-refractivity contribution in [1.29, 1.82) is 0 Å². The van der Waals surface area contributed by atoms with E-state index in [0.717, 1.165) is 53.8 Å². The number of allylic oxidation sites excluding steroid dienone is 4. The number of aromatic hydroxyl groups is 1. The normalized spacial score (nSPS) is 21.9. The second-order valence-electron chi connectivity index (χ2n) is 6.49. The van der Waals surface area contributed by atoms with E-state index in [0.29, 0.717) is 12.8 Å². The van der Waals surface area contributed by atoms with Crippen molar-refractivity contribution in [2.45, 2.75) is 44.4 Å². The summed E-state index contributed by atoms with van der Waals surface area (Å²) in [5.74, 6) is 0.0832. The molecule has 0 unspecified atom stereocenters. The monoisotopic (exact) mass is 309 g/mol. The van der Waals surface area contributed by atoms with Crippen LogP contribution in [0.2, 0.25) is 0 Å². The molecular formula is C19H19NO3. The van der Waals surface area contributed by atoms with Gasteiger partial charge in [0.15, 0.2) is 11.6 Å². The number of hydrogen-bond acceptors (Lipinski definition) is 4. The van der Waals surface area contributed by atoms with Crippen molar-refractivity contribution in [3.63, 3.8) is 0 Å². The smallest absolute Gasteiger partial charge is 0.161 e. The molecule has 2 aliphatic carbocycles. The molecule has 1 heterocycles. The van der Waals surface area contributed by atoms with E-state index in [1.165, 1.54) is 0 Å². The molecule has 0 bridgehead atoms. The highest BCUT2D eigenvalue weighted by atomic mass is 16.3. The number of dihydropyridines is 1. The predicted molar refractivity (Wildman–Crippen MR) is 85.8 cm³/mol. The molecule has 0 spiro atoms. The molecule has 0 saturated heterocycles. The molecule has 3 aliphatic rings. The highest BCUT2D eigenvalue weighted by Gasteiger charge is 2.40. The Kier molecular flexibility index (Phi) is 3.33. The van der Waals surface area contributed by atoms with Gasteiger partial charge in [-0.2, -0.15) is 0 Å². The number of hydrogen-bond donors (Lipinski definition) is 2. The van der Waals surface area contributed by atoms with Crippen molar-refractivity contribution in [1.82, 2.24) is 5.32 Å². The molecule has 1 aromatic rings. The lowest BCUT2D eigenvalue weighted by Gasteiger charge is -2.37. The average molecular weight is 309 g/mol. The molecule has 0 saturated carbocycles. The minimum absolute atomic E-state index is 0.122. The molecule has 0 radical (unpaired) electrons. The number of ketones is 2. The first-order chi connectivity index (χ1) is 11.1. The average Bonchev–Trinajstić information content (AvgIpc) is 2.53. The summed E-state index contributed by atoms with van der Waals surface area (Å²) in [4.78, 5) is 25.2. The highest BCUT2D eigenvalue weighted by molar-refractivity contribution is 6.06. The predicted octanol–water partition coefficient (Wildman–Crippen LogP) is 3.09. The van der Waals surface area contributed by atoms with Crippen LogP contribution in [-0.2, 0) is 9.59 Å². The van der Waals surface area contributed by atoms with Crippen LogP contribution < -0.4 is 5.32 Å². The quantitative estimate of drug-likeness (QED) is 0.836. The van der Waals surface area contributed by atoms with E-state index in [4.69, 9.17) is 0 Å². The maximum Gasteiger partial charge on any atom is 0.161 e. The van der Waals surface area contributed by atoms with Crippen molar-refractivity contribution in [2.24, 2.45) is 0 Å². The first-order valence-corrected chi connectivity index (χ1v) is 8.23. The summed E-state index contributed by atoms with van der Waals surface area (Å²) in [7, 11) is 0. The lowest BCUT2D eigenvalue weighted by molar-refractivity contribution is -0.116. The van der Waals surface area contributed by atoms with Crippen LogP contribution in [0.3, 0.4) is 0 Å². The van der Waals surface area contributed by atoms with Gasteiger partial charge in [-0.1, -0.05) is 12.1 Å². The van der Waals surface area contributed by atoms with Gasteiger partial charge < -0.3 is 10.4 Å². The first kappa shape index (κ1) is 14.2. The first-order valence-electron chi connectivity index (χ1n) is 8.23. The number of phenolic OH excluding ortho intramolecular Hbond substituents is 1. The van der Waals surface area contributed by atoms with Gasteiger partial charge in [0.25, 0.3) is 0 Å². The van der Waals surface area contributed by atoms with Gasteiger partial charge in [0.05, 0.1) is 0 Å². The fourth-order valence-electron chi connectivity index (χ4n) is 4.02. The second-order valence-corrected chi connectivity index (χ2v) is 6.49. The number of rotatable bonds is 1. The zero-order valence-electron chi connectivity index (χ0n) is 12.9. The summed E-state index contributed by atoms with van der Waals surface area (Å²) in [6.45, 7) is 0. The number of nitrogens with one attached hydrogen (secondary N) is 1. The Balaban J connectivity index is 1.92. The van der Waals surface area contributed by atoms with E-state index in [2.05, 4.69) is 5.32 Å². The highest BCUT2D eigenvalue weighted by Crippen LogP contribution is 2.45. The standard InChI is InChI=1S/C19H19NO3/c21-12-5-1-4-11(10-12)17-18-13(6-2-8-15(18)22)20-14-7-3-9-16(23)19(14)17/h1,4-5,10,17,20-21H,2-3,6-9H2. The lowest BCUT2D eigenvalue weighted by Crippen LogP contribution is -2.36. The largest absolute Gasteiger partial charge is 0.508 e. The van der Waals surface area contributed by atoms with Gasteiger partial charge in [-0.05, 0) is 43.4 Å². The van der Waals surface area contributed by atoms with Crippen LogP contribution in [0.25, 0.3) is 0 Å². The van der Waals surface area contributed by atoms with Crippen molar-refractivity contribution < 1.29 is 14.7 Å². The topological polar surface area (TPSA) is 66.4 Å². The van der Waals surface area contributed by atoms with Crippen LogP contribution in [0, 0.1) is 0 Å². The van der Waals surface area contributed by atoms with E-state index < -0.39 is 0 Å². The van der Waals surface area contributed by atoms with E-state index in [9.17, 15) is 14.7 Å². The van der Waals surface area contributed by atoms with E-state index in [-0.39, 0.29) is 23.2 Å². The number of carbonyl (C=O) groups excluding carboxylic acids is 2. The Morgan fingerprint density at radius 3 is 2.09 bits per heavy atom. The number of carbonyl (C=O) groups is 2. The molecule has 23 heavy (non-hydrogen) atoms. The van der Waals surface area contributed by atoms with Gasteiger partial charge in [0, 0.05) is 41.3 Å². The SMILES string of the molecule is O=C1CCCC2=C1C(c1cccc(O)c1)C1=C(CCCC1=O)N2. The molecule has 4 rings (SSSR count). The molecule has 0 fully saturated rings. The van der Waals surface area contributed by atoms with Crippen LogP contribution in [0.5, 0.6) is 5.75 Å². The minimum atomic E-state index is -0.325. The molecule has 1 aromatic carbocycles. The van der Waals surface area contributed by atoms with Crippen LogP contribution in [0.4, 0.5) is 0 Å². The van der Waals surface area contributed by atoms with Crippen molar-refractivity contribution in [3.05, 3.63) is 52.4 Å². The van der Waals surface area contributed by atoms with Gasteiger partial charge >= 0.3 is 0 Å². The molecule has 1 aliphatic heterocycles. The molecule has 0 atom stereocenters. The Morgan fingerprint density at radius 1 is 0.913 bits per heavy atom. The lowest BCUT2D eigenvalue weighted by atomic mass is 9.71. The van der Waals surface area contributed by atoms with Crippen LogP contribution in [-0.4, -0.2) is 16.7 Å². The summed E-state index contributed by atoms with van der Waals surface area (Å²) in [5.41, 5.74) is 4.25. The van der Waals surface area contributed by atoms with Crippen LogP contribution in [0.15, 0.2) is 46.8 Å². The van der Waals surface area contributed by atoms with Crippen molar-refractivity contribution in [3.8, 4) is 5.75 Å². The second kappa shape index (κ2) is 5.37. The Labute approximate surface area is 134 Å². The van der Waals surface area contributed by atoms with E-state index >= 15 is 0 Å². The van der Waals surface area contributed by atoms with Crippen LogP contribution in [0.1, 0.15) is 50.0 Å². The maximum absolute atomic E-state index is 12.6. The third-order valence-corrected chi connectivity index (χ3v) is 4.99. The fraction of sp³-hybridized carbons (Fsp3) is 0.368. The molecular weight excluding hydrogens is 290 g/mol. The van der Waals surface area contributed by atoms with Gasteiger partial charge in [0.2, 0.25) is 0 Å². The third kappa shape index (κ3) is 2.29. The van der Waals surface area contributed by atoms with Gasteiger partial charge in [-0.25, -0.2) is 0 Å². The molecule has 0 aromatic heterocycles. The number of benzene rings is 1. The maximum atomic E-state index is 12.6. The Morgan fingerprint density at radius 2 is 1.52 bits per heavy atom. The van der Waals surface area contributed by atoms with Crippen molar-refractivity contribution >= 4 is 11.6 Å². The molecule has 0 amide bonds.